The van der Waals surface area contributed by atoms with E-state index in [1.54, 1.807) is 18.2 Å². The standard InChI is InChI=1S/C36H45ClN4O8/c1-2-16-47-30-19-29(26-14-9-15-27(37)32(26)39-30)48-25-18-28-33(43)40-36(34(44)45)20-22(36)10-5-3-4-6-11-23(17-31(42)41(28)21-25)38-35(46)49-24-12-7-8-13-24/h5,9-10,14-15,19,22-25,28H,2-4,6-8,11-13,16-18,20-21H2,1H3,(H,38,46)(H,40,43)(H,44,45)/b10-5-/t22-,23-,25+,28-,36+/m0/s1. The minimum atomic E-state index is -1.42. The molecule has 1 aromatic heterocycles. The van der Waals surface area contributed by atoms with Gasteiger partial charge < -0.3 is 34.9 Å². The fourth-order valence-corrected chi connectivity index (χ4v) is 7.43. The Morgan fingerprint density at radius 3 is 2.71 bits per heavy atom. The van der Waals surface area contributed by atoms with Crippen LogP contribution in [0.3, 0.4) is 0 Å². The van der Waals surface area contributed by atoms with Crippen LogP contribution in [0.5, 0.6) is 11.6 Å². The number of nitrogens with zero attached hydrogens (tertiary/aromatic N) is 2. The van der Waals surface area contributed by atoms with E-state index in [1.165, 1.54) is 4.90 Å². The molecule has 6 rings (SSSR count). The number of benzene rings is 1. The number of aliphatic carboxylic acids is 1. The molecule has 1 saturated heterocycles. The van der Waals surface area contributed by atoms with Crippen molar-refractivity contribution < 1.29 is 38.5 Å². The quantitative estimate of drug-likeness (QED) is 0.302. The smallest absolute Gasteiger partial charge is 0.407 e. The summed E-state index contributed by atoms with van der Waals surface area (Å²) in [5, 5.41) is 16.9. The highest BCUT2D eigenvalue weighted by Gasteiger charge is 2.61. The lowest BCUT2D eigenvalue weighted by Gasteiger charge is -2.27. The molecule has 3 fully saturated rings. The number of carboxylic acid groups (broad SMARTS) is 1. The van der Waals surface area contributed by atoms with Crippen LogP contribution in [0.4, 0.5) is 4.79 Å². The number of aromatic nitrogens is 1. The number of alkyl carbamates (subject to hydrolysis) is 1. The van der Waals surface area contributed by atoms with Crippen LogP contribution >= 0.6 is 11.6 Å². The van der Waals surface area contributed by atoms with Crippen LogP contribution in [0.2, 0.25) is 5.02 Å². The monoisotopic (exact) mass is 696 g/mol. The molecule has 0 bridgehead atoms. The van der Waals surface area contributed by atoms with Gasteiger partial charge in [0.2, 0.25) is 17.7 Å². The predicted molar refractivity (Wildman–Crippen MR) is 182 cm³/mol. The van der Waals surface area contributed by atoms with Gasteiger partial charge in [-0.2, -0.15) is 0 Å². The van der Waals surface area contributed by atoms with Gasteiger partial charge in [0, 0.05) is 36.3 Å². The van der Waals surface area contributed by atoms with Gasteiger partial charge in [0.1, 0.15) is 29.5 Å². The zero-order valence-corrected chi connectivity index (χ0v) is 28.6. The number of halogens is 1. The average Bonchev–Trinajstić information content (AvgIpc) is 3.35. The Bertz CT molecular complexity index is 1600. The third-order valence-corrected chi connectivity index (χ3v) is 10.3. The zero-order chi connectivity index (χ0) is 34.5. The second-order valence-electron chi connectivity index (χ2n) is 13.6. The minimum Gasteiger partial charge on any atom is -0.488 e. The third-order valence-electron chi connectivity index (χ3n) is 9.97. The molecule has 0 unspecified atom stereocenters. The second kappa shape index (κ2) is 15.2. The molecule has 5 atom stereocenters. The summed E-state index contributed by atoms with van der Waals surface area (Å²) >= 11 is 6.50. The van der Waals surface area contributed by atoms with E-state index < -0.39 is 41.7 Å². The summed E-state index contributed by atoms with van der Waals surface area (Å²) < 4.78 is 18.0. The molecule has 0 spiro atoms. The predicted octanol–water partition coefficient (Wildman–Crippen LogP) is 5.54. The lowest BCUT2D eigenvalue weighted by Crippen LogP contribution is -2.53. The number of rotatable bonds is 8. The maximum Gasteiger partial charge on any atom is 0.407 e. The van der Waals surface area contributed by atoms with Crippen LogP contribution in [-0.2, 0) is 19.1 Å². The van der Waals surface area contributed by atoms with Crippen molar-refractivity contribution in [1.82, 2.24) is 20.5 Å². The highest BCUT2D eigenvalue weighted by Crippen LogP contribution is 2.45. The van der Waals surface area contributed by atoms with Crippen LogP contribution in [-0.4, -0.2) is 81.8 Å². The molecule has 3 amide bonds. The van der Waals surface area contributed by atoms with Crippen molar-refractivity contribution in [2.75, 3.05) is 13.2 Å². The summed E-state index contributed by atoms with van der Waals surface area (Å²) in [6, 6.07) is 5.55. The van der Waals surface area contributed by atoms with E-state index in [0.717, 1.165) is 51.4 Å². The Morgan fingerprint density at radius 1 is 1.14 bits per heavy atom. The van der Waals surface area contributed by atoms with Crippen molar-refractivity contribution in [2.24, 2.45) is 5.92 Å². The van der Waals surface area contributed by atoms with Crippen LogP contribution in [0.1, 0.15) is 84.0 Å². The van der Waals surface area contributed by atoms with Crippen molar-refractivity contribution in [3.63, 3.8) is 0 Å². The zero-order valence-electron chi connectivity index (χ0n) is 27.8. The number of hydrogen-bond donors (Lipinski definition) is 3. The molecule has 12 nitrogen and oxygen atoms in total. The van der Waals surface area contributed by atoms with Gasteiger partial charge in [-0.3, -0.25) is 9.59 Å². The number of amides is 3. The topological polar surface area (TPSA) is 156 Å². The van der Waals surface area contributed by atoms with Gasteiger partial charge in [-0.15, -0.1) is 0 Å². The fourth-order valence-electron chi connectivity index (χ4n) is 7.22. The van der Waals surface area contributed by atoms with E-state index in [9.17, 15) is 24.3 Å². The highest BCUT2D eigenvalue weighted by atomic mass is 35.5. The number of fused-ring (bicyclic) bond motifs is 3. The first-order valence-corrected chi connectivity index (χ1v) is 17.9. The molecule has 264 valence electrons. The molecule has 2 aliphatic carbocycles. The molecule has 2 aromatic rings. The average molecular weight is 697 g/mol. The highest BCUT2D eigenvalue weighted by molar-refractivity contribution is 6.35. The van der Waals surface area contributed by atoms with Crippen molar-refractivity contribution in [1.29, 1.82) is 0 Å². The van der Waals surface area contributed by atoms with Crippen LogP contribution in [0.15, 0.2) is 36.4 Å². The molecule has 2 aliphatic heterocycles. The summed E-state index contributed by atoms with van der Waals surface area (Å²) in [7, 11) is 0. The third kappa shape index (κ3) is 8.06. The van der Waals surface area contributed by atoms with Gasteiger partial charge in [0.05, 0.1) is 23.7 Å². The van der Waals surface area contributed by atoms with Crippen LogP contribution in [0, 0.1) is 5.92 Å². The normalized spacial score (nSPS) is 28.4. The van der Waals surface area contributed by atoms with Crippen LogP contribution in [0.25, 0.3) is 10.9 Å². The Labute approximate surface area is 290 Å². The molecule has 2 saturated carbocycles. The molecule has 4 aliphatic rings. The first kappa shape index (κ1) is 34.8. The van der Waals surface area contributed by atoms with E-state index in [1.807, 2.05) is 25.1 Å². The summed E-state index contributed by atoms with van der Waals surface area (Å²) in [5.41, 5.74) is -0.914. The molecular formula is C36H45ClN4O8. The number of ether oxygens (including phenoxy) is 3. The number of carbonyl (C=O) groups is 4. The summed E-state index contributed by atoms with van der Waals surface area (Å²) in [4.78, 5) is 59.3. The second-order valence-corrected chi connectivity index (χ2v) is 14.0. The first-order chi connectivity index (χ1) is 23.7. The summed E-state index contributed by atoms with van der Waals surface area (Å²) in [6.07, 6.45) is 10.2. The molecule has 49 heavy (non-hydrogen) atoms. The van der Waals surface area contributed by atoms with Gasteiger partial charge >= 0.3 is 12.1 Å². The molecule has 3 heterocycles. The van der Waals surface area contributed by atoms with Gasteiger partial charge in [-0.05, 0) is 69.9 Å². The number of hydrogen-bond acceptors (Lipinski definition) is 8. The van der Waals surface area contributed by atoms with Crippen LogP contribution < -0.4 is 20.1 Å². The maximum atomic E-state index is 14.1. The molecule has 0 radical (unpaired) electrons. The van der Waals surface area contributed by atoms with Crippen molar-refractivity contribution in [3.8, 4) is 11.6 Å². The van der Waals surface area contributed by atoms with E-state index >= 15 is 0 Å². The van der Waals surface area contributed by atoms with E-state index in [2.05, 4.69) is 15.6 Å². The summed E-state index contributed by atoms with van der Waals surface area (Å²) in [6.45, 7) is 2.51. The Kier molecular flexibility index (Phi) is 10.8. The largest absolute Gasteiger partial charge is 0.488 e. The van der Waals surface area contributed by atoms with Gasteiger partial charge in [0.15, 0.2) is 0 Å². The lowest BCUT2D eigenvalue weighted by molar-refractivity contribution is -0.145. The van der Waals surface area contributed by atoms with Crippen molar-refractivity contribution in [3.05, 3.63) is 41.4 Å². The number of nitrogens with one attached hydrogen (secondary N) is 2. The minimum absolute atomic E-state index is 0.0401. The van der Waals surface area contributed by atoms with E-state index in [-0.39, 0.29) is 43.7 Å². The van der Waals surface area contributed by atoms with Crippen molar-refractivity contribution in [2.45, 2.75) is 114 Å². The number of allylic oxidation sites excluding steroid dienone is 1. The van der Waals surface area contributed by atoms with Crippen molar-refractivity contribution >= 4 is 46.4 Å². The van der Waals surface area contributed by atoms with Gasteiger partial charge in [-0.25, -0.2) is 14.6 Å². The summed E-state index contributed by atoms with van der Waals surface area (Å²) in [5.74, 6) is -1.54. The number of carbonyl (C=O) groups excluding carboxylic acids is 3. The Hall–Kier alpha value is -4.06. The maximum absolute atomic E-state index is 14.1. The first-order valence-electron chi connectivity index (χ1n) is 17.5. The number of para-hydroxylation sites is 1. The Balaban J connectivity index is 1.26. The molecule has 3 N–H and O–H groups in total. The molecule has 13 heteroatoms. The number of pyridine rings is 1. The number of carboxylic acids is 1. The molecular weight excluding hydrogens is 652 g/mol. The van der Waals surface area contributed by atoms with Gasteiger partial charge in [-0.1, -0.05) is 43.2 Å². The van der Waals surface area contributed by atoms with E-state index in [4.69, 9.17) is 25.8 Å². The van der Waals surface area contributed by atoms with Gasteiger partial charge in [0.25, 0.3) is 0 Å². The molecule has 1 aromatic carbocycles. The SMILES string of the molecule is CCCOc1cc(O[C@@H]2C[C@H]3C(=O)N[C@]4(C(=O)O)C[C@@H]4/C=C\CCCC[C@H](NC(=O)OC4CCCC4)CC(=O)N3C2)c2cccc(Cl)c2n1. The fraction of sp³-hybridized carbons (Fsp3) is 0.583. The Morgan fingerprint density at radius 2 is 1.94 bits per heavy atom. The van der Waals surface area contributed by atoms with E-state index in [0.29, 0.717) is 40.6 Å². The lowest BCUT2D eigenvalue weighted by atomic mass is 10.0.